The Kier molecular flexibility index (Phi) is 6.67. The van der Waals surface area contributed by atoms with E-state index in [0.717, 1.165) is 36.3 Å². The highest BCUT2D eigenvalue weighted by Gasteiger charge is 2.22. The molecule has 0 unspecified atom stereocenters. The van der Waals surface area contributed by atoms with Crippen molar-refractivity contribution in [2.24, 2.45) is 0 Å². The highest BCUT2D eigenvalue weighted by atomic mass is 79.9. The molecule has 0 saturated carbocycles. The van der Waals surface area contributed by atoms with E-state index in [9.17, 15) is 4.79 Å². The molecule has 1 amide bonds. The minimum absolute atomic E-state index is 0.225. The third-order valence-corrected chi connectivity index (χ3v) is 5.64. The first-order chi connectivity index (χ1) is 10.1. The molecule has 0 aliphatic carbocycles. The topological polar surface area (TPSA) is 35.6 Å². The molecule has 2 heterocycles. The van der Waals surface area contributed by atoms with Crippen LogP contribution in [0.25, 0.3) is 0 Å². The van der Waals surface area contributed by atoms with Crippen LogP contribution in [0.4, 0.5) is 0 Å². The van der Waals surface area contributed by atoms with Crippen LogP contribution in [-0.2, 0) is 11.3 Å². The van der Waals surface area contributed by atoms with Gasteiger partial charge in [0.25, 0.3) is 0 Å². The number of hydrogen-bond donors (Lipinski definition) is 1. The third kappa shape index (κ3) is 5.06. The molecule has 1 fully saturated rings. The van der Waals surface area contributed by atoms with E-state index in [1.165, 1.54) is 4.88 Å². The predicted octanol–water partition coefficient (Wildman–Crippen LogP) is 2.54. The van der Waals surface area contributed by atoms with Crippen LogP contribution in [0.2, 0.25) is 0 Å². The molecule has 1 N–H and O–H groups in total. The van der Waals surface area contributed by atoms with E-state index >= 15 is 0 Å². The normalized spacial score (nSPS) is 16.4. The number of halogens is 1. The summed E-state index contributed by atoms with van der Waals surface area (Å²) in [5.74, 6) is 0.225. The first-order valence-corrected chi connectivity index (χ1v) is 9.14. The van der Waals surface area contributed by atoms with E-state index in [4.69, 9.17) is 0 Å². The molecule has 0 radical (unpaired) electrons. The molecule has 0 spiro atoms. The van der Waals surface area contributed by atoms with Crippen molar-refractivity contribution in [2.45, 2.75) is 32.4 Å². The Balaban J connectivity index is 1.87. The molecule has 21 heavy (non-hydrogen) atoms. The summed E-state index contributed by atoms with van der Waals surface area (Å²) < 4.78 is 1.12. The maximum absolute atomic E-state index is 12.5. The largest absolute Gasteiger partial charge is 0.337 e. The Bertz CT molecular complexity index is 460. The highest BCUT2D eigenvalue weighted by molar-refractivity contribution is 9.11. The Morgan fingerprint density at radius 1 is 1.43 bits per heavy atom. The molecule has 1 aliphatic rings. The summed E-state index contributed by atoms with van der Waals surface area (Å²) in [4.78, 5) is 17.9. The fourth-order valence-electron chi connectivity index (χ4n) is 2.69. The zero-order chi connectivity index (χ0) is 15.2. The number of hydrogen-bond acceptors (Lipinski definition) is 4. The van der Waals surface area contributed by atoms with Crippen molar-refractivity contribution in [3.05, 3.63) is 20.8 Å². The van der Waals surface area contributed by atoms with Gasteiger partial charge < -0.3 is 10.2 Å². The molecule has 0 atom stereocenters. The number of rotatable bonds is 6. The summed E-state index contributed by atoms with van der Waals surface area (Å²) in [5, 5.41) is 3.37. The maximum atomic E-state index is 12.5. The van der Waals surface area contributed by atoms with Gasteiger partial charge in [0, 0.05) is 17.5 Å². The average Bonchev–Trinajstić information content (AvgIpc) is 2.90. The van der Waals surface area contributed by atoms with E-state index in [0.29, 0.717) is 19.1 Å². The van der Waals surface area contributed by atoms with Gasteiger partial charge >= 0.3 is 0 Å². The number of carbonyl (C=O) groups is 1. The average molecular weight is 374 g/mol. The number of carbonyl (C=O) groups excluding carboxylic acids is 1. The van der Waals surface area contributed by atoms with Gasteiger partial charge in [-0.15, -0.1) is 11.3 Å². The number of likely N-dealkylation sites (N-methyl/N-ethyl adjacent to an activating group) is 2. The van der Waals surface area contributed by atoms with Crippen LogP contribution in [0.1, 0.15) is 24.6 Å². The van der Waals surface area contributed by atoms with Gasteiger partial charge in [0.2, 0.25) is 5.91 Å². The van der Waals surface area contributed by atoms with Gasteiger partial charge in [0.15, 0.2) is 0 Å². The summed E-state index contributed by atoms with van der Waals surface area (Å²) >= 11 is 5.17. The van der Waals surface area contributed by atoms with E-state index in [2.05, 4.69) is 39.3 Å². The quantitative estimate of drug-likeness (QED) is 0.831. The number of thiophene rings is 1. The van der Waals surface area contributed by atoms with Crippen molar-refractivity contribution in [1.82, 2.24) is 15.1 Å². The molecule has 0 aromatic carbocycles. The zero-order valence-electron chi connectivity index (χ0n) is 12.8. The standard InChI is InChI=1S/C15H24BrN3OS/c1-3-19(10-13-4-5-14(16)21-13)15(20)11-18(2)12-6-8-17-9-7-12/h4-5,12,17H,3,6-11H2,1-2H3. The van der Waals surface area contributed by atoms with Gasteiger partial charge in [-0.2, -0.15) is 0 Å². The molecule has 2 rings (SSSR count). The van der Waals surface area contributed by atoms with Crippen LogP contribution in [0.15, 0.2) is 15.9 Å². The molecule has 1 aromatic heterocycles. The second-order valence-electron chi connectivity index (χ2n) is 5.51. The lowest BCUT2D eigenvalue weighted by Gasteiger charge is -2.32. The fraction of sp³-hybridized carbons (Fsp3) is 0.667. The summed E-state index contributed by atoms with van der Waals surface area (Å²) in [5.41, 5.74) is 0. The fourth-order valence-corrected chi connectivity index (χ4v) is 4.19. The first-order valence-electron chi connectivity index (χ1n) is 7.53. The Morgan fingerprint density at radius 3 is 2.71 bits per heavy atom. The lowest BCUT2D eigenvalue weighted by molar-refractivity contribution is -0.133. The van der Waals surface area contributed by atoms with Crippen molar-refractivity contribution in [3.8, 4) is 0 Å². The lowest BCUT2D eigenvalue weighted by Crippen LogP contribution is -2.46. The summed E-state index contributed by atoms with van der Waals surface area (Å²) in [6.45, 7) is 6.16. The zero-order valence-corrected chi connectivity index (χ0v) is 15.2. The van der Waals surface area contributed by atoms with Crippen molar-refractivity contribution in [2.75, 3.05) is 33.2 Å². The summed E-state index contributed by atoms with van der Waals surface area (Å²) in [6, 6.07) is 4.66. The SMILES string of the molecule is CCN(Cc1ccc(Br)s1)C(=O)CN(C)C1CCNCC1. The van der Waals surface area contributed by atoms with Crippen LogP contribution in [0, 0.1) is 0 Å². The molecular formula is C15H24BrN3OS. The molecule has 1 aliphatic heterocycles. The first kappa shape index (κ1) is 16.9. The van der Waals surface area contributed by atoms with Crippen LogP contribution in [-0.4, -0.2) is 55.0 Å². The van der Waals surface area contributed by atoms with E-state index in [1.807, 2.05) is 17.9 Å². The minimum Gasteiger partial charge on any atom is -0.337 e. The number of amides is 1. The van der Waals surface area contributed by atoms with Gasteiger partial charge in [0.05, 0.1) is 16.9 Å². The van der Waals surface area contributed by atoms with E-state index in [1.54, 1.807) is 11.3 Å². The third-order valence-electron chi connectivity index (χ3n) is 4.03. The predicted molar refractivity (Wildman–Crippen MR) is 91.6 cm³/mol. The molecule has 4 nitrogen and oxygen atoms in total. The van der Waals surface area contributed by atoms with Gasteiger partial charge in [-0.1, -0.05) is 0 Å². The van der Waals surface area contributed by atoms with E-state index in [-0.39, 0.29) is 5.91 Å². The molecule has 6 heteroatoms. The van der Waals surface area contributed by atoms with Crippen LogP contribution in [0.5, 0.6) is 0 Å². The molecule has 0 bridgehead atoms. The van der Waals surface area contributed by atoms with Gasteiger partial charge in [-0.05, 0) is 68.0 Å². The molecule has 1 aromatic rings. The Hall–Kier alpha value is -0.430. The van der Waals surface area contributed by atoms with Crippen molar-refractivity contribution in [3.63, 3.8) is 0 Å². The van der Waals surface area contributed by atoms with E-state index < -0.39 is 0 Å². The maximum Gasteiger partial charge on any atom is 0.237 e. The van der Waals surface area contributed by atoms with Gasteiger partial charge in [0.1, 0.15) is 0 Å². The number of nitrogens with zero attached hydrogens (tertiary/aromatic N) is 2. The minimum atomic E-state index is 0.225. The molecule has 118 valence electrons. The summed E-state index contributed by atoms with van der Waals surface area (Å²) in [7, 11) is 2.07. The second kappa shape index (κ2) is 8.27. The van der Waals surface area contributed by atoms with Crippen molar-refractivity contribution < 1.29 is 4.79 Å². The lowest BCUT2D eigenvalue weighted by atomic mass is 10.1. The summed E-state index contributed by atoms with van der Waals surface area (Å²) in [6.07, 6.45) is 2.27. The second-order valence-corrected chi connectivity index (χ2v) is 8.06. The molecular weight excluding hydrogens is 350 g/mol. The monoisotopic (exact) mass is 373 g/mol. The van der Waals surface area contributed by atoms with Crippen molar-refractivity contribution in [1.29, 1.82) is 0 Å². The van der Waals surface area contributed by atoms with Crippen LogP contribution in [0.3, 0.4) is 0 Å². The van der Waals surface area contributed by atoms with Gasteiger partial charge in [-0.3, -0.25) is 9.69 Å². The van der Waals surface area contributed by atoms with Gasteiger partial charge in [-0.25, -0.2) is 0 Å². The number of piperidine rings is 1. The van der Waals surface area contributed by atoms with Crippen molar-refractivity contribution >= 4 is 33.2 Å². The highest BCUT2D eigenvalue weighted by Crippen LogP contribution is 2.23. The Labute approximate surface area is 139 Å². The van der Waals surface area contributed by atoms with Crippen LogP contribution >= 0.6 is 27.3 Å². The number of nitrogens with one attached hydrogen (secondary N) is 1. The molecule has 1 saturated heterocycles. The smallest absolute Gasteiger partial charge is 0.237 e. The van der Waals surface area contributed by atoms with Crippen LogP contribution < -0.4 is 5.32 Å². The Morgan fingerprint density at radius 2 is 2.14 bits per heavy atom.